The first-order valence-corrected chi connectivity index (χ1v) is 7.10. The van der Waals surface area contributed by atoms with Crippen LogP contribution in [0.2, 0.25) is 0 Å². The molecule has 1 aromatic carbocycles. The maximum absolute atomic E-state index is 12.2. The molecule has 0 radical (unpaired) electrons. The standard InChI is InChI=1S/C16H20ClNO2/c1-16(2,3)20-15(19)18(13-9-5-8-12-17)14-10-6-4-7-11-14/h4,6-7,10-11H,5,8,12H2,1-3H3. The van der Waals surface area contributed by atoms with Gasteiger partial charge in [0.25, 0.3) is 0 Å². The number of halogens is 1. The van der Waals surface area contributed by atoms with Gasteiger partial charge in [-0.3, -0.25) is 0 Å². The maximum Gasteiger partial charge on any atom is 0.426 e. The van der Waals surface area contributed by atoms with Crippen LogP contribution in [0.3, 0.4) is 0 Å². The fourth-order valence-corrected chi connectivity index (χ4v) is 1.52. The van der Waals surface area contributed by atoms with Crippen molar-refractivity contribution in [2.24, 2.45) is 0 Å². The van der Waals surface area contributed by atoms with Crippen LogP contribution in [0.5, 0.6) is 0 Å². The zero-order valence-electron chi connectivity index (χ0n) is 12.1. The lowest BCUT2D eigenvalue weighted by atomic mass is 10.2. The van der Waals surface area contributed by atoms with E-state index < -0.39 is 11.7 Å². The monoisotopic (exact) mass is 293 g/mol. The molecule has 0 heterocycles. The molecule has 0 saturated heterocycles. The minimum atomic E-state index is -0.554. The van der Waals surface area contributed by atoms with Crippen molar-refractivity contribution in [3.05, 3.63) is 30.3 Å². The third kappa shape index (κ3) is 5.99. The van der Waals surface area contributed by atoms with E-state index >= 15 is 0 Å². The summed E-state index contributed by atoms with van der Waals surface area (Å²) in [5, 5.41) is 0. The summed E-state index contributed by atoms with van der Waals surface area (Å²) in [7, 11) is 0. The van der Waals surface area contributed by atoms with E-state index in [2.05, 4.69) is 12.0 Å². The zero-order chi connectivity index (χ0) is 15.0. The number of benzene rings is 1. The number of nitrogens with zero attached hydrogens (tertiary/aromatic N) is 1. The normalized spacial score (nSPS) is 10.4. The predicted molar refractivity (Wildman–Crippen MR) is 82.9 cm³/mol. The van der Waals surface area contributed by atoms with E-state index in [1.54, 1.807) is 0 Å². The van der Waals surface area contributed by atoms with Gasteiger partial charge in [0.15, 0.2) is 0 Å². The molecule has 108 valence electrons. The number of unbranched alkanes of at least 4 members (excludes halogenated alkanes) is 1. The molecule has 0 aliphatic carbocycles. The Bertz CT molecular complexity index is 483. The highest BCUT2D eigenvalue weighted by Gasteiger charge is 2.22. The van der Waals surface area contributed by atoms with Crippen LogP contribution in [0.15, 0.2) is 30.3 Å². The fraction of sp³-hybridized carbons (Fsp3) is 0.438. The van der Waals surface area contributed by atoms with E-state index in [1.165, 1.54) is 4.90 Å². The largest absolute Gasteiger partial charge is 0.443 e. The van der Waals surface area contributed by atoms with Gasteiger partial charge in [-0.05, 0) is 39.3 Å². The zero-order valence-corrected chi connectivity index (χ0v) is 12.9. The van der Waals surface area contributed by atoms with Crippen molar-refractivity contribution in [1.29, 1.82) is 0 Å². The second kappa shape index (κ2) is 7.81. The van der Waals surface area contributed by atoms with Crippen molar-refractivity contribution in [1.82, 2.24) is 0 Å². The van der Waals surface area contributed by atoms with Crippen LogP contribution >= 0.6 is 11.6 Å². The lowest BCUT2D eigenvalue weighted by Gasteiger charge is -2.23. The van der Waals surface area contributed by atoms with Gasteiger partial charge in [-0.15, -0.1) is 11.6 Å². The summed E-state index contributed by atoms with van der Waals surface area (Å²) in [5.74, 6) is 3.50. The van der Waals surface area contributed by atoms with E-state index in [9.17, 15) is 4.79 Å². The molecule has 0 aliphatic heterocycles. The first kappa shape index (κ1) is 16.4. The van der Waals surface area contributed by atoms with E-state index in [0.29, 0.717) is 18.0 Å². The van der Waals surface area contributed by atoms with Crippen molar-refractivity contribution < 1.29 is 9.53 Å². The molecule has 4 heteroatoms. The summed E-state index contributed by atoms with van der Waals surface area (Å²) in [6.07, 6.45) is 0.975. The quantitative estimate of drug-likeness (QED) is 0.358. The van der Waals surface area contributed by atoms with Crippen molar-refractivity contribution in [2.75, 3.05) is 10.8 Å². The minimum absolute atomic E-state index is 0.470. The van der Waals surface area contributed by atoms with Crippen molar-refractivity contribution >= 4 is 23.4 Å². The average molecular weight is 294 g/mol. The number of rotatable bonds is 3. The van der Waals surface area contributed by atoms with Gasteiger partial charge >= 0.3 is 6.09 Å². The molecule has 0 unspecified atom stereocenters. The third-order valence-corrected chi connectivity index (χ3v) is 2.48. The molecule has 0 fully saturated rings. The van der Waals surface area contributed by atoms with Gasteiger partial charge < -0.3 is 4.74 Å². The molecule has 0 aliphatic rings. The van der Waals surface area contributed by atoms with Crippen LogP contribution in [0.1, 0.15) is 33.6 Å². The summed E-state index contributed by atoms with van der Waals surface area (Å²) in [6, 6.07) is 12.1. The summed E-state index contributed by atoms with van der Waals surface area (Å²) < 4.78 is 5.37. The van der Waals surface area contributed by atoms with Gasteiger partial charge in [0, 0.05) is 18.3 Å². The fourth-order valence-electron chi connectivity index (χ4n) is 1.39. The number of carbonyl (C=O) groups is 1. The van der Waals surface area contributed by atoms with Gasteiger partial charge in [0.1, 0.15) is 5.60 Å². The molecule has 20 heavy (non-hydrogen) atoms. The molecule has 0 spiro atoms. The van der Waals surface area contributed by atoms with E-state index in [-0.39, 0.29) is 0 Å². The van der Waals surface area contributed by atoms with Crippen molar-refractivity contribution in [3.63, 3.8) is 0 Å². The Morgan fingerprint density at radius 3 is 2.50 bits per heavy atom. The maximum atomic E-state index is 12.2. The predicted octanol–water partition coefficient (Wildman–Crippen LogP) is 4.41. The Hall–Kier alpha value is -1.66. The van der Waals surface area contributed by atoms with Gasteiger partial charge in [-0.2, -0.15) is 0 Å². The van der Waals surface area contributed by atoms with E-state index in [0.717, 1.165) is 6.42 Å². The Balaban J connectivity index is 2.89. The first-order valence-electron chi connectivity index (χ1n) is 6.56. The summed E-state index contributed by atoms with van der Waals surface area (Å²) in [6.45, 7) is 5.49. The molecule has 0 bridgehead atoms. The first-order chi connectivity index (χ1) is 9.44. The lowest BCUT2D eigenvalue weighted by molar-refractivity contribution is 0.0600. The van der Waals surface area contributed by atoms with Gasteiger partial charge in [-0.25, -0.2) is 9.69 Å². The summed E-state index contributed by atoms with van der Waals surface area (Å²) in [5.41, 5.74) is 0.141. The summed E-state index contributed by atoms with van der Waals surface area (Å²) >= 11 is 5.61. The summed E-state index contributed by atoms with van der Waals surface area (Å²) in [4.78, 5) is 13.5. The Morgan fingerprint density at radius 1 is 1.30 bits per heavy atom. The van der Waals surface area contributed by atoms with Crippen LogP contribution in [0.4, 0.5) is 10.5 Å². The Labute approximate surface area is 125 Å². The molecule has 0 atom stereocenters. The molecule has 1 rings (SSSR count). The third-order valence-electron chi connectivity index (χ3n) is 2.22. The number of hydrogen-bond donors (Lipinski definition) is 0. The molecular formula is C16H20ClNO2. The van der Waals surface area contributed by atoms with Crippen LogP contribution in [0.25, 0.3) is 0 Å². The number of anilines is 1. The topological polar surface area (TPSA) is 29.5 Å². The second-order valence-corrected chi connectivity index (χ2v) is 5.61. The van der Waals surface area contributed by atoms with Crippen LogP contribution in [-0.4, -0.2) is 17.6 Å². The average Bonchev–Trinajstić information content (AvgIpc) is 2.37. The molecule has 0 N–H and O–H groups in total. The van der Waals surface area contributed by atoms with Gasteiger partial charge in [0.05, 0.1) is 5.69 Å². The number of carbonyl (C=O) groups excluding carboxylic acids is 1. The molecule has 3 nitrogen and oxygen atoms in total. The smallest absolute Gasteiger partial charge is 0.426 e. The van der Waals surface area contributed by atoms with Gasteiger partial charge in [-0.1, -0.05) is 24.1 Å². The second-order valence-electron chi connectivity index (χ2n) is 5.23. The number of amides is 1. The Kier molecular flexibility index (Phi) is 6.41. The molecule has 0 saturated carbocycles. The highest BCUT2D eigenvalue weighted by Crippen LogP contribution is 2.17. The van der Waals surface area contributed by atoms with Crippen molar-refractivity contribution in [3.8, 4) is 12.0 Å². The SMILES string of the molecule is CC(C)(C)OC(=O)N(C#CCCCCl)c1ccccc1. The van der Waals surface area contributed by atoms with Crippen molar-refractivity contribution in [2.45, 2.75) is 39.2 Å². The number of para-hydroxylation sites is 1. The molecular weight excluding hydrogens is 274 g/mol. The molecule has 0 aromatic heterocycles. The Morgan fingerprint density at radius 2 is 1.95 bits per heavy atom. The molecule has 1 aromatic rings. The van der Waals surface area contributed by atoms with Crippen LogP contribution < -0.4 is 4.90 Å². The highest BCUT2D eigenvalue weighted by molar-refractivity contribution is 6.17. The number of ether oxygens (including phenoxy) is 1. The van der Waals surface area contributed by atoms with E-state index in [4.69, 9.17) is 16.3 Å². The molecule has 1 amide bonds. The van der Waals surface area contributed by atoms with Crippen LogP contribution in [-0.2, 0) is 4.74 Å². The minimum Gasteiger partial charge on any atom is -0.443 e. The van der Waals surface area contributed by atoms with E-state index in [1.807, 2.05) is 51.1 Å². The van der Waals surface area contributed by atoms with Gasteiger partial charge in [0.2, 0.25) is 0 Å². The number of alkyl halides is 1. The highest BCUT2D eigenvalue weighted by atomic mass is 35.5. The van der Waals surface area contributed by atoms with Crippen LogP contribution in [0, 0.1) is 12.0 Å². The number of hydrogen-bond acceptors (Lipinski definition) is 2. The lowest BCUT2D eigenvalue weighted by Crippen LogP contribution is -2.33.